The Kier molecular flexibility index (Phi) is 10.8. The van der Waals surface area contributed by atoms with Crippen molar-refractivity contribution in [2.45, 2.75) is 70.8 Å². The highest BCUT2D eigenvalue weighted by atomic mass is 79.9. The summed E-state index contributed by atoms with van der Waals surface area (Å²) in [6, 6.07) is 8.75. The van der Waals surface area contributed by atoms with E-state index in [0.717, 1.165) is 16.6 Å². The van der Waals surface area contributed by atoms with Crippen molar-refractivity contribution in [3.8, 4) is 0 Å². The van der Waals surface area contributed by atoms with Crippen LogP contribution in [0, 0.1) is 18.6 Å². The van der Waals surface area contributed by atoms with E-state index in [0.29, 0.717) is 53.7 Å². The molecule has 0 radical (unpaired) electrons. The molecule has 226 valence electrons. The van der Waals surface area contributed by atoms with Gasteiger partial charge in [0.25, 0.3) is 5.91 Å². The maximum atomic E-state index is 14.8. The number of ether oxygens (including phenoxy) is 1. The smallest absolute Gasteiger partial charge is 0.308 e. The van der Waals surface area contributed by atoms with Gasteiger partial charge in [-0.2, -0.15) is 0 Å². The molecule has 0 saturated carbocycles. The maximum absolute atomic E-state index is 14.8. The molecule has 2 heterocycles. The van der Waals surface area contributed by atoms with Crippen LogP contribution in [0.15, 0.2) is 40.9 Å². The average molecular weight is 653 g/mol. The number of hydrogen-bond acceptors (Lipinski definition) is 5. The number of amides is 1. The van der Waals surface area contributed by atoms with Crippen LogP contribution in [0.2, 0.25) is 0 Å². The summed E-state index contributed by atoms with van der Waals surface area (Å²) in [4.78, 5) is 32.6. The van der Waals surface area contributed by atoms with Crippen molar-refractivity contribution in [1.82, 2.24) is 10.3 Å². The molecule has 2 aromatic carbocycles. The highest BCUT2D eigenvalue weighted by molar-refractivity contribution is 9.10. The Morgan fingerprint density at radius 2 is 1.93 bits per heavy atom. The summed E-state index contributed by atoms with van der Waals surface area (Å²) in [5.74, 6) is -3.42. The van der Waals surface area contributed by atoms with Gasteiger partial charge >= 0.3 is 5.97 Å². The van der Waals surface area contributed by atoms with Crippen molar-refractivity contribution in [3.63, 3.8) is 0 Å². The lowest BCUT2D eigenvalue weighted by atomic mass is 9.92. The fourth-order valence-corrected chi connectivity index (χ4v) is 5.73. The first-order valence-corrected chi connectivity index (χ1v) is 14.9. The third-order valence-corrected chi connectivity index (χ3v) is 7.94. The zero-order valence-corrected chi connectivity index (χ0v) is 25.2. The number of nitrogens with zero attached hydrogens (tertiary/aromatic N) is 2. The topological polar surface area (TPSA) is 71.5 Å². The van der Waals surface area contributed by atoms with E-state index in [-0.39, 0.29) is 37.9 Å². The van der Waals surface area contributed by atoms with Crippen LogP contribution in [0.3, 0.4) is 0 Å². The van der Waals surface area contributed by atoms with Gasteiger partial charge in [0.1, 0.15) is 23.6 Å². The Morgan fingerprint density at radius 1 is 1.19 bits per heavy atom. The molecule has 3 aromatic rings. The highest BCUT2D eigenvalue weighted by Gasteiger charge is 2.27. The normalized spacial score (nSPS) is 16.7. The molecule has 4 rings (SSSR count). The number of halogens is 5. The summed E-state index contributed by atoms with van der Waals surface area (Å²) in [5.41, 5.74) is 1.12. The van der Waals surface area contributed by atoms with E-state index in [1.807, 2.05) is 4.90 Å². The van der Waals surface area contributed by atoms with Gasteiger partial charge in [-0.25, -0.2) is 22.5 Å². The number of anilines is 1. The molecule has 0 bridgehead atoms. The van der Waals surface area contributed by atoms with Crippen LogP contribution in [-0.4, -0.2) is 49.0 Å². The largest absolute Gasteiger partial charge is 0.431 e. The molecule has 11 heteroatoms. The number of carbonyl (C=O) groups is 2. The minimum Gasteiger partial charge on any atom is -0.431 e. The fourth-order valence-electron chi connectivity index (χ4n) is 5.37. The lowest BCUT2D eigenvalue weighted by Crippen LogP contribution is -2.38. The molecular formula is C31H34BrF4N3O3. The van der Waals surface area contributed by atoms with Gasteiger partial charge in [0, 0.05) is 52.8 Å². The number of aromatic nitrogens is 1. The second-order valence-corrected chi connectivity index (χ2v) is 11.5. The minimum absolute atomic E-state index is 0.0495. The van der Waals surface area contributed by atoms with Gasteiger partial charge in [0.2, 0.25) is 6.36 Å². The number of nitrogens with one attached hydrogen (secondary N) is 1. The Bertz CT molecular complexity index is 1420. The number of hydrogen-bond donors (Lipinski definition) is 1. The number of carbonyl (C=O) groups excluding carboxylic acids is 2. The van der Waals surface area contributed by atoms with Gasteiger partial charge < -0.3 is 15.0 Å². The quantitative estimate of drug-likeness (QED) is 0.172. The van der Waals surface area contributed by atoms with E-state index >= 15 is 0 Å². The SMILES string of the molecule is CCCC(F)OC(=O)CCC(CNC(=O)c1c(C)c(N2CCCC(F)C2)nc2ccc(Br)cc12)c1c(F)cccc1F. The number of rotatable bonds is 11. The molecular weight excluding hydrogens is 618 g/mol. The van der Waals surface area contributed by atoms with Crippen LogP contribution in [0.1, 0.15) is 72.9 Å². The van der Waals surface area contributed by atoms with Crippen LogP contribution in [0.5, 0.6) is 0 Å². The van der Waals surface area contributed by atoms with Crippen LogP contribution in [0.25, 0.3) is 10.9 Å². The van der Waals surface area contributed by atoms with Crippen LogP contribution < -0.4 is 10.2 Å². The Balaban J connectivity index is 1.62. The van der Waals surface area contributed by atoms with Crippen molar-refractivity contribution in [3.05, 3.63) is 69.2 Å². The first-order chi connectivity index (χ1) is 20.1. The number of esters is 1. The molecule has 1 aliphatic heterocycles. The molecule has 0 spiro atoms. The van der Waals surface area contributed by atoms with Gasteiger partial charge in [0.05, 0.1) is 17.6 Å². The molecule has 1 amide bonds. The summed E-state index contributed by atoms with van der Waals surface area (Å²) in [6.07, 6.45) is -1.49. The van der Waals surface area contributed by atoms with Crippen molar-refractivity contribution >= 4 is 44.5 Å². The van der Waals surface area contributed by atoms with Crippen molar-refractivity contribution in [2.24, 2.45) is 0 Å². The molecule has 1 aromatic heterocycles. The van der Waals surface area contributed by atoms with E-state index in [4.69, 9.17) is 9.72 Å². The number of fused-ring (bicyclic) bond motifs is 1. The molecule has 3 atom stereocenters. The monoisotopic (exact) mass is 651 g/mol. The lowest BCUT2D eigenvalue weighted by Gasteiger charge is -2.32. The molecule has 0 aliphatic carbocycles. The Labute approximate surface area is 250 Å². The zero-order valence-electron chi connectivity index (χ0n) is 23.6. The van der Waals surface area contributed by atoms with Crippen LogP contribution in [-0.2, 0) is 9.53 Å². The van der Waals surface area contributed by atoms with E-state index in [2.05, 4.69) is 21.2 Å². The first-order valence-electron chi connectivity index (χ1n) is 14.1. The van der Waals surface area contributed by atoms with Gasteiger partial charge in [-0.1, -0.05) is 28.9 Å². The van der Waals surface area contributed by atoms with E-state index in [1.165, 1.54) is 6.07 Å². The molecule has 1 N–H and O–H groups in total. The van der Waals surface area contributed by atoms with E-state index in [1.54, 1.807) is 32.0 Å². The summed E-state index contributed by atoms with van der Waals surface area (Å²) in [7, 11) is 0. The molecule has 6 nitrogen and oxygen atoms in total. The number of alkyl halides is 2. The van der Waals surface area contributed by atoms with Gasteiger partial charge in [-0.15, -0.1) is 0 Å². The van der Waals surface area contributed by atoms with Crippen molar-refractivity contribution in [1.29, 1.82) is 0 Å². The highest BCUT2D eigenvalue weighted by Crippen LogP contribution is 2.33. The molecule has 3 unspecified atom stereocenters. The van der Waals surface area contributed by atoms with E-state index < -0.39 is 42.0 Å². The minimum atomic E-state index is -1.75. The fraction of sp³-hybridized carbons (Fsp3) is 0.452. The number of benzene rings is 2. The van der Waals surface area contributed by atoms with Gasteiger partial charge in [-0.3, -0.25) is 9.59 Å². The molecule has 42 heavy (non-hydrogen) atoms. The summed E-state index contributed by atoms with van der Waals surface area (Å²) >= 11 is 3.44. The van der Waals surface area contributed by atoms with Crippen LogP contribution >= 0.6 is 15.9 Å². The van der Waals surface area contributed by atoms with Crippen LogP contribution in [0.4, 0.5) is 23.4 Å². The number of pyridine rings is 1. The predicted octanol–water partition coefficient (Wildman–Crippen LogP) is 7.45. The van der Waals surface area contributed by atoms with Crippen molar-refractivity contribution in [2.75, 3.05) is 24.5 Å². The Hall–Kier alpha value is -3.21. The van der Waals surface area contributed by atoms with Gasteiger partial charge in [-0.05, 0) is 62.9 Å². The summed E-state index contributed by atoms with van der Waals surface area (Å²) in [6.45, 7) is 4.05. The standard InChI is InChI=1S/C31H34BrF4N3O3/c1-3-6-26(36)42-27(40)13-10-19(29-23(34)8-4-9-24(29)35)16-37-31(41)28-18(2)30(39-14-5-7-21(33)17-39)38-25-12-11-20(32)15-22(25)28/h4,8-9,11-12,15,19,21,26H,3,5-7,10,13-14,16-17H2,1-2H3,(H,37,41). The maximum Gasteiger partial charge on any atom is 0.308 e. The predicted molar refractivity (Wildman–Crippen MR) is 157 cm³/mol. The van der Waals surface area contributed by atoms with E-state index in [9.17, 15) is 27.2 Å². The third-order valence-electron chi connectivity index (χ3n) is 7.44. The molecule has 1 saturated heterocycles. The molecule has 1 fully saturated rings. The van der Waals surface area contributed by atoms with Crippen molar-refractivity contribution < 1.29 is 31.9 Å². The average Bonchev–Trinajstić information content (AvgIpc) is 2.93. The second-order valence-electron chi connectivity index (χ2n) is 10.6. The zero-order chi connectivity index (χ0) is 30.4. The third kappa shape index (κ3) is 7.59. The number of piperidine rings is 1. The summed E-state index contributed by atoms with van der Waals surface area (Å²) < 4.78 is 63.2. The lowest BCUT2D eigenvalue weighted by molar-refractivity contribution is -0.158. The van der Waals surface area contributed by atoms with Gasteiger partial charge in [0.15, 0.2) is 0 Å². The summed E-state index contributed by atoms with van der Waals surface area (Å²) in [5, 5.41) is 3.35. The Morgan fingerprint density at radius 3 is 2.62 bits per heavy atom. The molecule has 1 aliphatic rings. The first kappa shape index (κ1) is 31.7. The second kappa shape index (κ2) is 14.3.